The summed E-state index contributed by atoms with van der Waals surface area (Å²) in [6.07, 6.45) is -3.45. The molecule has 1 aromatic carbocycles. The van der Waals surface area contributed by atoms with Crippen LogP contribution in [-0.4, -0.2) is 6.54 Å². The van der Waals surface area contributed by atoms with Crippen molar-refractivity contribution in [2.24, 2.45) is 0 Å². The molecule has 0 aliphatic heterocycles. The molecule has 0 amide bonds. The molecule has 0 saturated carbocycles. The minimum atomic E-state index is -4.39. The Balaban J connectivity index is 2.82. The van der Waals surface area contributed by atoms with E-state index in [-0.39, 0.29) is 5.02 Å². The van der Waals surface area contributed by atoms with Gasteiger partial charge in [-0.25, -0.2) is 0 Å². The van der Waals surface area contributed by atoms with Crippen LogP contribution in [-0.2, 0) is 12.7 Å². The van der Waals surface area contributed by atoms with Crippen molar-refractivity contribution in [2.75, 3.05) is 6.54 Å². The normalized spacial score (nSPS) is 11.8. The highest BCUT2D eigenvalue weighted by atomic mass is 35.5. The molecule has 1 rings (SSSR count). The van der Waals surface area contributed by atoms with Gasteiger partial charge >= 0.3 is 6.18 Å². The van der Waals surface area contributed by atoms with Gasteiger partial charge in [0, 0.05) is 6.54 Å². The summed E-state index contributed by atoms with van der Waals surface area (Å²) in [5, 5.41) is 2.78. The SMILES string of the molecule is CCCNCc1ccc(Cl)c(C(F)(F)F)c1. The first-order chi connectivity index (χ1) is 7.45. The number of alkyl halides is 3. The second-order valence-corrected chi connectivity index (χ2v) is 3.90. The highest BCUT2D eigenvalue weighted by Crippen LogP contribution is 2.35. The predicted octanol–water partition coefficient (Wildman–Crippen LogP) is 3.86. The van der Waals surface area contributed by atoms with Crippen LogP contribution >= 0.6 is 11.6 Å². The zero-order valence-electron chi connectivity index (χ0n) is 8.87. The Hall–Kier alpha value is -0.740. The fraction of sp³-hybridized carbons (Fsp3) is 0.455. The topological polar surface area (TPSA) is 12.0 Å². The van der Waals surface area contributed by atoms with E-state index in [1.807, 2.05) is 6.92 Å². The molecule has 0 radical (unpaired) electrons. The molecule has 90 valence electrons. The molecule has 0 atom stereocenters. The molecular weight excluding hydrogens is 239 g/mol. The summed E-state index contributed by atoms with van der Waals surface area (Å²) in [6, 6.07) is 3.97. The summed E-state index contributed by atoms with van der Waals surface area (Å²) in [5.74, 6) is 0. The highest BCUT2D eigenvalue weighted by molar-refractivity contribution is 6.31. The molecule has 16 heavy (non-hydrogen) atoms. The first-order valence-corrected chi connectivity index (χ1v) is 5.39. The number of nitrogens with one attached hydrogen (secondary N) is 1. The third-order valence-corrected chi connectivity index (χ3v) is 2.42. The first-order valence-electron chi connectivity index (χ1n) is 5.01. The van der Waals surface area contributed by atoms with E-state index in [9.17, 15) is 13.2 Å². The van der Waals surface area contributed by atoms with Crippen molar-refractivity contribution in [3.63, 3.8) is 0 Å². The van der Waals surface area contributed by atoms with Crippen LogP contribution in [0.1, 0.15) is 24.5 Å². The lowest BCUT2D eigenvalue weighted by Crippen LogP contribution is -2.15. The quantitative estimate of drug-likeness (QED) is 0.802. The number of hydrogen-bond donors (Lipinski definition) is 1. The van der Waals surface area contributed by atoms with Crippen LogP contribution in [0.5, 0.6) is 0 Å². The monoisotopic (exact) mass is 251 g/mol. The Morgan fingerprint density at radius 2 is 2.00 bits per heavy atom. The molecule has 0 spiro atoms. The zero-order valence-corrected chi connectivity index (χ0v) is 9.62. The van der Waals surface area contributed by atoms with Gasteiger partial charge < -0.3 is 5.32 Å². The lowest BCUT2D eigenvalue weighted by Gasteiger charge is -2.11. The molecule has 0 heterocycles. The zero-order chi connectivity index (χ0) is 12.2. The van der Waals surface area contributed by atoms with Gasteiger partial charge in [-0.05, 0) is 30.7 Å². The van der Waals surface area contributed by atoms with E-state index in [1.165, 1.54) is 6.07 Å². The smallest absolute Gasteiger partial charge is 0.313 e. The van der Waals surface area contributed by atoms with Gasteiger partial charge in [-0.15, -0.1) is 0 Å². The van der Waals surface area contributed by atoms with Gasteiger partial charge in [0.1, 0.15) is 0 Å². The van der Waals surface area contributed by atoms with Gasteiger partial charge in [-0.2, -0.15) is 13.2 Å². The van der Waals surface area contributed by atoms with E-state index < -0.39 is 11.7 Å². The first kappa shape index (κ1) is 13.3. The summed E-state index contributed by atoms with van der Waals surface area (Å²) < 4.78 is 37.5. The number of hydrogen-bond acceptors (Lipinski definition) is 1. The van der Waals surface area contributed by atoms with E-state index in [0.717, 1.165) is 19.0 Å². The Labute approximate surface area is 97.6 Å². The summed E-state index contributed by atoms with van der Waals surface area (Å²) in [7, 11) is 0. The molecule has 1 nitrogen and oxygen atoms in total. The van der Waals surface area contributed by atoms with Gasteiger partial charge in [0.25, 0.3) is 0 Å². The third kappa shape index (κ3) is 3.68. The Bertz CT molecular complexity index is 350. The van der Waals surface area contributed by atoms with E-state index in [2.05, 4.69) is 5.32 Å². The maximum absolute atomic E-state index is 12.5. The lowest BCUT2D eigenvalue weighted by molar-refractivity contribution is -0.137. The van der Waals surface area contributed by atoms with Crippen molar-refractivity contribution in [1.29, 1.82) is 0 Å². The van der Waals surface area contributed by atoms with Crippen molar-refractivity contribution < 1.29 is 13.2 Å². The van der Waals surface area contributed by atoms with E-state index in [4.69, 9.17) is 11.6 Å². The highest BCUT2D eigenvalue weighted by Gasteiger charge is 2.33. The van der Waals surface area contributed by atoms with Crippen LogP contribution in [0.3, 0.4) is 0 Å². The van der Waals surface area contributed by atoms with Crippen LogP contribution in [0.4, 0.5) is 13.2 Å². The molecule has 5 heteroatoms. The van der Waals surface area contributed by atoms with Crippen molar-refractivity contribution >= 4 is 11.6 Å². The van der Waals surface area contributed by atoms with Crippen LogP contribution in [0.25, 0.3) is 0 Å². The average molecular weight is 252 g/mol. The van der Waals surface area contributed by atoms with Crippen LogP contribution < -0.4 is 5.32 Å². The maximum Gasteiger partial charge on any atom is 0.417 e. The number of benzene rings is 1. The fourth-order valence-electron chi connectivity index (χ4n) is 1.31. The lowest BCUT2D eigenvalue weighted by atomic mass is 10.1. The average Bonchev–Trinajstić information content (AvgIpc) is 2.19. The predicted molar refractivity (Wildman–Crippen MR) is 58.5 cm³/mol. The Kier molecular flexibility index (Phi) is 4.62. The molecule has 0 fully saturated rings. The summed E-state index contributed by atoms with van der Waals surface area (Å²) in [4.78, 5) is 0. The van der Waals surface area contributed by atoms with Crippen molar-refractivity contribution in [3.8, 4) is 0 Å². The van der Waals surface area contributed by atoms with Crippen molar-refractivity contribution in [3.05, 3.63) is 34.3 Å². The molecule has 0 saturated heterocycles. The maximum atomic E-state index is 12.5. The van der Waals surface area contributed by atoms with Crippen LogP contribution in [0.2, 0.25) is 5.02 Å². The van der Waals surface area contributed by atoms with Crippen molar-refractivity contribution in [2.45, 2.75) is 26.1 Å². The van der Waals surface area contributed by atoms with Crippen LogP contribution in [0, 0.1) is 0 Å². The van der Waals surface area contributed by atoms with Gasteiger partial charge in [-0.1, -0.05) is 24.6 Å². The molecule has 0 aromatic heterocycles. The Morgan fingerprint density at radius 3 is 2.56 bits per heavy atom. The largest absolute Gasteiger partial charge is 0.417 e. The van der Waals surface area contributed by atoms with Gasteiger partial charge in [0.2, 0.25) is 0 Å². The molecule has 1 aromatic rings. The standard InChI is InChI=1S/C11H13ClF3N/c1-2-5-16-7-8-3-4-10(12)9(6-8)11(13,14)15/h3-4,6,16H,2,5,7H2,1H3. The molecular formula is C11H13ClF3N. The van der Waals surface area contributed by atoms with Crippen LogP contribution in [0.15, 0.2) is 18.2 Å². The Morgan fingerprint density at radius 1 is 1.31 bits per heavy atom. The van der Waals surface area contributed by atoms with E-state index in [1.54, 1.807) is 6.07 Å². The van der Waals surface area contributed by atoms with Crippen molar-refractivity contribution in [1.82, 2.24) is 5.32 Å². The summed E-state index contributed by atoms with van der Waals surface area (Å²) in [5.41, 5.74) is -0.185. The second-order valence-electron chi connectivity index (χ2n) is 3.49. The molecule has 0 bridgehead atoms. The molecule has 0 aliphatic rings. The fourth-order valence-corrected chi connectivity index (χ4v) is 1.53. The van der Waals surface area contributed by atoms with Gasteiger partial charge in [0.05, 0.1) is 10.6 Å². The number of halogens is 4. The number of rotatable bonds is 4. The van der Waals surface area contributed by atoms with E-state index in [0.29, 0.717) is 12.1 Å². The molecule has 0 aliphatic carbocycles. The summed E-state index contributed by atoms with van der Waals surface area (Å²) in [6.45, 7) is 3.20. The minimum absolute atomic E-state index is 0.258. The molecule has 0 unspecified atom stereocenters. The minimum Gasteiger partial charge on any atom is -0.313 e. The van der Waals surface area contributed by atoms with Gasteiger partial charge in [-0.3, -0.25) is 0 Å². The third-order valence-electron chi connectivity index (χ3n) is 2.09. The molecule has 1 N–H and O–H groups in total. The second kappa shape index (κ2) is 5.55. The summed E-state index contributed by atoms with van der Waals surface area (Å²) >= 11 is 5.50. The van der Waals surface area contributed by atoms with Gasteiger partial charge in [0.15, 0.2) is 0 Å². The van der Waals surface area contributed by atoms with E-state index >= 15 is 0 Å².